The van der Waals surface area contributed by atoms with Crippen molar-refractivity contribution in [2.45, 2.75) is 18.9 Å². The molecule has 1 fully saturated rings. The molecule has 0 bridgehead atoms. The topological polar surface area (TPSA) is 73.1 Å². The Labute approximate surface area is 111 Å². The summed E-state index contributed by atoms with van der Waals surface area (Å²) in [5.41, 5.74) is 1.98. The summed E-state index contributed by atoms with van der Waals surface area (Å²) in [7, 11) is 1.91. The molecule has 1 aliphatic heterocycles. The van der Waals surface area contributed by atoms with Gasteiger partial charge in [-0.2, -0.15) is 4.98 Å². The van der Waals surface area contributed by atoms with Gasteiger partial charge in [0, 0.05) is 24.0 Å². The molecule has 0 aliphatic carbocycles. The molecular weight excluding hydrogens is 244 g/mol. The Kier molecular flexibility index (Phi) is 3.27. The highest BCUT2D eigenvalue weighted by Gasteiger charge is 2.33. The second-order valence-corrected chi connectivity index (χ2v) is 4.69. The molecule has 0 amide bonds. The van der Waals surface area contributed by atoms with Crippen molar-refractivity contribution in [3.63, 3.8) is 0 Å². The number of likely N-dealkylation sites (N-methyl/N-ethyl adjacent to an activating group) is 1. The van der Waals surface area contributed by atoms with Gasteiger partial charge < -0.3 is 14.6 Å². The largest absolute Gasteiger partial charge is 0.379 e. The van der Waals surface area contributed by atoms with E-state index in [0.717, 1.165) is 11.1 Å². The summed E-state index contributed by atoms with van der Waals surface area (Å²) in [6.07, 6.45) is 3.52. The van der Waals surface area contributed by atoms with Gasteiger partial charge >= 0.3 is 0 Å². The van der Waals surface area contributed by atoms with Crippen LogP contribution in [0.15, 0.2) is 23.0 Å². The van der Waals surface area contributed by atoms with Crippen LogP contribution in [0.3, 0.4) is 0 Å². The SMILES string of the molecule is CNC1COCC1c1nc(-c2ccncc2C)no1. The maximum Gasteiger partial charge on any atom is 0.234 e. The zero-order valence-corrected chi connectivity index (χ0v) is 11.0. The van der Waals surface area contributed by atoms with Crippen molar-refractivity contribution >= 4 is 0 Å². The van der Waals surface area contributed by atoms with E-state index in [1.54, 1.807) is 12.4 Å². The minimum absolute atomic E-state index is 0.119. The molecule has 100 valence electrons. The maximum atomic E-state index is 5.45. The summed E-state index contributed by atoms with van der Waals surface area (Å²) in [6, 6.07) is 2.12. The van der Waals surface area contributed by atoms with E-state index in [1.165, 1.54) is 0 Å². The Morgan fingerprint density at radius 3 is 3.05 bits per heavy atom. The van der Waals surface area contributed by atoms with E-state index in [0.29, 0.717) is 24.9 Å². The van der Waals surface area contributed by atoms with Gasteiger partial charge in [0.25, 0.3) is 0 Å². The fourth-order valence-corrected chi connectivity index (χ4v) is 2.30. The fraction of sp³-hybridized carbons (Fsp3) is 0.462. The molecule has 0 aromatic carbocycles. The third kappa shape index (κ3) is 2.24. The van der Waals surface area contributed by atoms with Crippen LogP contribution in [0.1, 0.15) is 17.4 Å². The van der Waals surface area contributed by atoms with Gasteiger partial charge in [0.1, 0.15) is 0 Å². The number of nitrogens with one attached hydrogen (secondary N) is 1. The van der Waals surface area contributed by atoms with E-state index >= 15 is 0 Å². The molecule has 6 nitrogen and oxygen atoms in total. The molecular formula is C13H16N4O2. The first-order valence-corrected chi connectivity index (χ1v) is 6.29. The van der Waals surface area contributed by atoms with Gasteiger partial charge in [-0.1, -0.05) is 5.16 Å². The van der Waals surface area contributed by atoms with Crippen LogP contribution in [0.2, 0.25) is 0 Å². The number of hydrogen-bond donors (Lipinski definition) is 1. The van der Waals surface area contributed by atoms with Crippen LogP contribution in [0, 0.1) is 6.92 Å². The Morgan fingerprint density at radius 2 is 2.26 bits per heavy atom. The van der Waals surface area contributed by atoms with Gasteiger partial charge in [-0.15, -0.1) is 0 Å². The lowest BCUT2D eigenvalue weighted by molar-refractivity contribution is 0.185. The molecule has 2 aromatic rings. The van der Waals surface area contributed by atoms with Crippen molar-refractivity contribution in [1.29, 1.82) is 0 Å². The molecule has 0 spiro atoms. The Balaban J connectivity index is 1.90. The number of rotatable bonds is 3. The second kappa shape index (κ2) is 5.07. The zero-order chi connectivity index (χ0) is 13.2. The molecule has 0 radical (unpaired) electrons. The number of aromatic nitrogens is 3. The van der Waals surface area contributed by atoms with E-state index in [-0.39, 0.29) is 12.0 Å². The number of nitrogens with zero attached hydrogens (tertiary/aromatic N) is 3. The highest BCUT2D eigenvalue weighted by atomic mass is 16.5. The van der Waals surface area contributed by atoms with Crippen LogP contribution in [0.4, 0.5) is 0 Å². The summed E-state index contributed by atoms with van der Waals surface area (Å²) in [5.74, 6) is 1.35. The quantitative estimate of drug-likeness (QED) is 0.892. The van der Waals surface area contributed by atoms with Crippen LogP contribution < -0.4 is 5.32 Å². The lowest BCUT2D eigenvalue weighted by Crippen LogP contribution is -2.31. The first kappa shape index (κ1) is 12.3. The predicted molar refractivity (Wildman–Crippen MR) is 68.7 cm³/mol. The third-order valence-corrected chi connectivity index (χ3v) is 3.47. The molecule has 3 heterocycles. The first-order chi connectivity index (χ1) is 9.29. The van der Waals surface area contributed by atoms with E-state index in [4.69, 9.17) is 9.26 Å². The molecule has 19 heavy (non-hydrogen) atoms. The molecule has 1 N–H and O–H groups in total. The third-order valence-electron chi connectivity index (χ3n) is 3.47. The highest BCUT2D eigenvalue weighted by molar-refractivity contribution is 5.58. The molecule has 2 atom stereocenters. The maximum absolute atomic E-state index is 5.45. The normalized spacial score (nSPS) is 22.8. The number of ether oxygens (including phenoxy) is 1. The van der Waals surface area contributed by atoms with Crippen LogP contribution in [0.5, 0.6) is 0 Å². The lowest BCUT2D eigenvalue weighted by Gasteiger charge is -2.11. The van der Waals surface area contributed by atoms with Crippen molar-refractivity contribution in [3.8, 4) is 11.4 Å². The van der Waals surface area contributed by atoms with Crippen molar-refractivity contribution in [2.24, 2.45) is 0 Å². The molecule has 1 aliphatic rings. The Hall–Kier alpha value is -1.79. The van der Waals surface area contributed by atoms with Crippen LogP contribution in [-0.4, -0.2) is 41.4 Å². The number of hydrogen-bond acceptors (Lipinski definition) is 6. The molecule has 1 saturated heterocycles. The standard InChI is InChI=1S/C13H16N4O2/c1-8-5-15-4-3-9(8)12-16-13(19-17-12)10-6-18-7-11(10)14-2/h3-5,10-11,14H,6-7H2,1-2H3. The van der Waals surface area contributed by atoms with E-state index in [1.807, 2.05) is 20.0 Å². The van der Waals surface area contributed by atoms with Crippen LogP contribution in [0.25, 0.3) is 11.4 Å². The Morgan fingerprint density at radius 1 is 1.37 bits per heavy atom. The van der Waals surface area contributed by atoms with Gasteiger partial charge in [0.05, 0.1) is 19.1 Å². The smallest absolute Gasteiger partial charge is 0.234 e. The predicted octanol–water partition coefficient (Wildman–Crippen LogP) is 1.14. The summed E-state index contributed by atoms with van der Waals surface area (Å²) >= 11 is 0. The second-order valence-electron chi connectivity index (χ2n) is 4.69. The highest BCUT2D eigenvalue weighted by Crippen LogP contribution is 2.27. The minimum Gasteiger partial charge on any atom is -0.379 e. The van der Waals surface area contributed by atoms with E-state index in [2.05, 4.69) is 20.4 Å². The van der Waals surface area contributed by atoms with E-state index < -0.39 is 0 Å². The zero-order valence-electron chi connectivity index (χ0n) is 11.0. The summed E-state index contributed by atoms with van der Waals surface area (Å²) in [4.78, 5) is 8.56. The molecule has 3 rings (SSSR count). The average molecular weight is 260 g/mol. The summed E-state index contributed by atoms with van der Waals surface area (Å²) in [6.45, 7) is 3.27. The fourth-order valence-electron chi connectivity index (χ4n) is 2.30. The lowest BCUT2D eigenvalue weighted by atomic mass is 10.0. The van der Waals surface area contributed by atoms with Crippen molar-refractivity contribution in [2.75, 3.05) is 20.3 Å². The summed E-state index contributed by atoms with van der Waals surface area (Å²) < 4.78 is 10.8. The molecule has 0 saturated carbocycles. The Bertz CT molecular complexity index is 569. The van der Waals surface area contributed by atoms with Crippen molar-refractivity contribution < 1.29 is 9.26 Å². The van der Waals surface area contributed by atoms with E-state index in [9.17, 15) is 0 Å². The first-order valence-electron chi connectivity index (χ1n) is 6.29. The number of aryl methyl sites for hydroxylation is 1. The number of pyridine rings is 1. The van der Waals surface area contributed by atoms with Crippen LogP contribution in [-0.2, 0) is 4.74 Å². The van der Waals surface area contributed by atoms with Gasteiger partial charge in [-0.05, 0) is 25.6 Å². The van der Waals surface area contributed by atoms with Gasteiger partial charge in [-0.25, -0.2) is 0 Å². The van der Waals surface area contributed by atoms with Crippen molar-refractivity contribution in [3.05, 3.63) is 29.9 Å². The minimum atomic E-state index is 0.119. The van der Waals surface area contributed by atoms with Crippen molar-refractivity contribution in [1.82, 2.24) is 20.4 Å². The monoisotopic (exact) mass is 260 g/mol. The van der Waals surface area contributed by atoms with Gasteiger partial charge in [0.2, 0.25) is 11.7 Å². The average Bonchev–Trinajstić information content (AvgIpc) is 3.07. The summed E-state index contributed by atoms with van der Waals surface area (Å²) in [5, 5.41) is 7.27. The van der Waals surface area contributed by atoms with Gasteiger partial charge in [-0.3, -0.25) is 4.98 Å². The van der Waals surface area contributed by atoms with Crippen LogP contribution >= 0.6 is 0 Å². The molecule has 2 aromatic heterocycles. The molecule has 6 heteroatoms. The molecule has 2 unspecified atom stereocenters. The van der Waals surface area contributed by atoms with Gasteiger partial charge in [0.15, 0.2) is 0 Å².